The van der Waals surface area contributed by atoms with Gasteiger partial charge in [0.15, 0.2) is 0 Å². The minimum absolute atomic E-state index is 0.160. The molecule has 1 fully saturated rings. The summed E-state index contributed by atoms with van der Waals surface area (Å²) >= 11 is 6.00. The van der Waals surface area contributed by atoms with E-state index in [-0.39, 0.29) is 16.8 Å². The molecular formula is C20H23ClN2O3S. The summed E-state index contributed by atoms with van der Waals surface area (Å²) in [7, 11) is -3.57. The van der Waals surface area contributed by atoms with Gasteiger partial charge in [-0.1, -0.05) is 36.2 Å². The molecule has 0 aliphatic carbocycles. The molecule has 0 unspecified atom stereocenters. The molecule has 0 saturated carbocycles. The first-order valence-corrected chi connectivity index (χ1v) is 10.9. The molecule has 7 heteroatoms. The topological polar surface area (TPSA) is 66.5 Å². The van der Waals surface area contributed by atoms with Crippen molar-refractivity contribution < 1.29 is 13.2 Å². The van der Waals surface area contributed by atoms with Crippen LogP contribution in [0.4, 0.5) is 0 Å². The van der Waals surface area contributed by atoms with Gasteiger partial charge in [0.25, 0.3) is 5.91 Å². The monoisotopic (exact) mass is 406 g/mol. The standard InChI is InChI=1S/C20H23ClN2O3S/c1-15(16-7-5-9-18(21)13-16)22-20(24)17-8-6-10-19(14-17)27(25,26)23-11-3-2-4-12-23/h5-10,13-15H,2-4,11-12H2,1H3,(H,22,24)/t15-/m1/s1. The number of amides is 1. The van der Waals surface area contributed by atoms with Gasteiger partial charge in [-0.2, -0.15) is 4.31 Å². The lowest BCUT2D eigenvalue weighted by Crippen LogP contribution is -2.35. The van der Waals surface area contributed by atoms with Gasteiger partial charge >= 0.3 is 0 Å². The Hall–Kier alpha value is -1.89. The molecule has 1 saturated heterocycles. The quantitative estimate of drug-likeness (QED) is 0.815. The lowest BCUT2D eigenvalue weighted by atomic mass is 10.1. The highest BCUT2D eigenvalue weighted by Gasteiger charge is 2.26. The van der Waals surface area contributed by atoms with Crippen LogP contribution in [0, 0.1) is 0 Å². The van der Waals surface area contributed by atoms with Gasteiger partial charge in [-0.15, -0.1) is 0 Å². The second kappa shape index (κ2) is 8.42. The maximum absolute atomic E-state index is 12.8. The van der Waals surface area contributed by atoms with E-state index in [1.807, 2.05) is 19.1 Å². The SMILES string of the molecule is C[C@@H](NC(=O)c1cccc(S(=O)(=O)N2CCCCC2)c1)c1cccc(Cl)c1. The number of carbonyl (C=O) groups is 1. The predicted molar refractivity (Wildman–Crippen MR) is 106 cm³/mol. The molecule has 1 atom stereocenters. The Morgan fingerprint density at radius 2 is 1.78 bits per heavy atom. The summed E-state index contributed by atoms with van der Waals surface area (Å²) < 4.78 is 27.1. The Labute approximate surface area is 165 Å². The average Bonchev–Trinajstić information content (AvgIpc) is 2.68. The normalized spacial score (nSPS) is 16.7. The fourth-order valence-electron chi connectivity index (χ4n) is 3.19. The highest BCUT2D eigenvalue weighted by atomic mass is 35.5. The van der Waals surface area contributed by atoms with E-state index in [2.05, 4.69) is 5.32 Å². The molecule has 1 amide bonds. The van der Waals surface area contributed by atoms with Crippen LogP contribution in [0.1, 0.15) is 48.1 Å². The van der Waals surface area contributed by atoms with Crippen LogP contribution in [0.2, 0.25) is 5.02 Å². The van der Waals surface area contributed by atoms with Crippen molar-refractivity contribution in [2.75, 3.05) is 13.1 Å². The summed E-state index contributed by atoms with van der Waals surface area (Å²) in [6.07, 6.45) is 2.79. The molecule has 0 aromatic heterocycles. The van der Waals surface area contributed by atoms with Crippen molar-refractivity contribution in [3.05, 3.63) is 64.7 Å². The van der Waals surface area contributed by atoms with Crippen LogP contribution in [0.15, 0.2) is 53.4 Å². The van der Waals surface area contributed by atoms with E-state index in [0.29, 0.717) is 23.7 Å². The number of sulfonamides is 1. The molecule has 0 spiro atoms. The van der Waals surface area contributed by atoms with E-state index in [1.165, 1.54) is 10.4 Å². The summed E-state index contributed by atoms with van der Waals surface area (Å²) in [6.45, 7) is 2.92. The molecule has 1 aliphatic heterocycles. The second-order valence-electron chi connectivity index (χ2n) is 6.74. The smallest absolute Gasteiger partial charge is 0.251 e. The molecule has 0 radical (unpaired) electrons. The van der Waals surface area contributed by atoms with Gasteiger partial charge < -0.3 is 5.32 Å². The Morgan fingerprint density at radius 1 is 1.07 bits per heavy atom. The third-order valence-corrected chi connectivity index (χ3v) is 6.88. The zero-order valence-electron chi connectivity index (χ0n) is 15.2. The first kappa shape index (κ1) is 19.9. The largest absolute Gasteiger partial charge is 0.346 e. The Balaban J connectivity index is 1.77. The van der Waals surface area contributed by atoms with Crippen LogP contribution >= 0.6 is 11.6 Å². The van der Waals surface area contributed by atoms with Crippen LogP contribution in [0.5, 0.6) is 0 Å². The van der Waals surface area contributed by atoms with E-state index in [1.54, 1.807) is 30.3 Å². The highest BCUT2D eigenvalue weighted by Crippen LogP contribution is 2.22. The van der Waals surface area contributed by atoms with E-state index in [0.717, 1.165) is 24.8 Å². The number of nitrogens with one attached hydrogen (secondary N) is 1. The lowest BCUT2D eigenvalue weighted by Gasteiger charge is -2.26. The van der Waals surface area contributed by atoms with Crippen molar-refractivity contribution in [2.24, 2.45) is 0 Å². The molecule has 27 heavy (non-hydrogen) atoms. The number of hydrogen-bond acceptors (Lipinski definition) is 3. The number of halogens is 1. The van der Waals surface area contributed by atoms with E-state index < -0.39 is 10.0 Å². The zero-order chi connectivity index (χ0) is 19.4. The van der Waals surface area contributed by atoms with Crippen LogP contribution in [0.3, 0.4) is 0 Å². The number of piperidine rings is 1. The predicted octanol–water partition coefficient (Wildman–Crippen LogP) is 4.01. The average molecular weight is 407 g/mol. The molecule has 3 rings (SSSR count). The summed E-state index contributed by atoms with van der Waals surface area (Å²) in [5.41, 5.74) is 1.20. The first-order chi connectivity index (χ1) is 12.9. The fraction of sp³-hybridized carbons (Fsp3) is 0.350. The van der Waals surface area contributed by atoms with Gasteiger partial charge in [-0.05, 0) is 55.7 Å². The van der Waals surface area contributed by atoms with Gasteiger partial charge in [0.1, 0.15) is 0 Å². The molecule has 1 N–H and O–H groups in total. The van der Waals surface area contributed by atoms with Gasteiger partial charge in [-0.3, -0.25) is 4.79 Å². The molecule has 0 bridgehead atoms. The highest BCUT2D eigenvalue weighted by molar-refractivity contribution is 7.89. The summed E-state index contributed by atoms with van der Waals surface area (Å²) in [4.78, 5) is 12.8. The van der Waals surface area contributed by atoms with Crippen LogP contribution < -0.4 is 5.32 Å². The molecule has 5 nitrogen and oxygen atoms in total. The minimum atomic E-state index is -3.57. The molecule has 2 aromatic carbocycles. The molecule has 1 aliphatic rings. The van der Waals surface area contributed by atoms with Gasteiger partial charge in [0.05, 0.1) is 10.9 Å². The van der Waals surface area contributed by atoms with Gasteiger partial charge in [0, 0.05) is 23.7 Å². The molecular weight excluding hydrogens is 384 g/mol. The second-order valence-corrected chi connectivity index (χ2v) is 9.12. The van der Waals surface area contributed by atoms with E-state index in [9.17, 15) is 13.2 Å². The van der Waals surface area contributed by atoms with E-state index in [4.69, 9.17) is 11.6 Å². The number of carbonyl (C=O) groups excluding carboxylic acids is 1. The Bertz CT molecular complexity index is 924. The van der Waals surface area contributed by atoms with Crippen molar-refractivity contribution in [1.82, 2.24) is 9.62 Å². The summed E-state index contributed by atoms with van der Waals surface area (Å²) in [6, 6.07) is 13.2. The van der Waals surface area contributed by atoms with Crippen LogP contribution in [-0.4, -0.2) is 31.7 Å². The van der Waals surface area contributed by atoms with Crippen LogP contribution in [-0.2, 0) is 10.0 Å². The summed E-state index contributed by atoms with van der Waals surface area (Å²) in [5.74, 6) is -0.321. The molecule has 1 heterocycles. The third kappa shape index (κ3) is 4.69. The maximum Gasteiger partial charge on any atom is 0.251 e. The summed E-state index contributed by atoms with van der Waals surface area (Å²) in [5, 5.41) is 3.49. The number of nitrogens with zero attached hydrogens (tertiary/aromatic N) is 1. The van der Waals surface area contributed by atoms with Crippen molar-refractivity contribution >= 4 is 27.5 Å². The fourth-order valence-corrected chi connectivity index (χ4v) is 4.95. The van der Waals surface area contributed by atoms with Crippen molar-refractivity contribution in [3.63, 3.8) is 0 Å². The van der Waals surface area contributed by atoms with Gasteiger partial charge in [-0.25, -0.2) is 8.42 Å². The van der Waals surface area contributed by atoms with Crippen LogP contribution in [0.25, 0.3) is 0 Å². The van der Waals surface area contributed by atoms with Crippen molar-refractivity contribution in [1.29, 1.82) is 0 Å². The maximum atomic E-state index is 12.8. The van der Waals surface area contributed by atoms with E-state index >= 15 is 0 Å². The van der Waals surface area contributed by atoms with Gasteiger partial charge in [0.2, 0.25) is 10.0 Å². The minimum Gasteiger partial charge on any atom is -0.346 e. The third-order valence-electron chi connectivity index (χ3n) is 4.75. The first-order valence-electron chi connectivity index (χ1n) is 9.04. The van der Waals surface area contributed by atoms with Crippen molar-refractivity contribution in [2.45, 2.75) is 37.1 Å². The number of benzene rings is 2. The van der Waals surface area contributed by atoms with Crippen molar-refractivity contribution in [3.8, 4) is 0 Å². The molecule has 144 valence electrons. The zero-order valence-corrected chi connectivity index (χ0v) is 16.8. The Kier molecular flexibility index (Phi) is 6.19. The number of hydrogen-bond donors (Lipinski definition) is 1. The number of rotatable bonds is 5. The lowest BCUT2D eigenvalue weighted by molar-refractivity contribution is 0.0939. The Morgan fingerprint density at radius 3 is 2.48 bits per heavy atom. The molecule has 2 aromatic rings.